The first kappa shape index (κ1) is 17.0. The quantitative estimate of drug-likeness (QED) is 0.266. The highest BCUT2D eigenvalue weighted by atomic mass is 14.2. The highest BCUT2D eigenvalue weighted by Crippen LogP contribution is 2.43. The van der Waals surface area contributed by atoms with Crippen molar-refractivity contribution in [1.29, 1.82) is 0 Å². The lowest BCUT2D eigenvalue weighted by atomic mass is 9.85. The van der Waals surface area contributed by atoms with Crippen LogP contribution < -0.4 is 0 Å². The number of hydrogen-bond acceptors (Lipinski definition) is 0. The van der Waals surface area contributed by atoms with Gasteiger partial charge in [0, 0.05) is 0 Å². The fraction of sp³-hybridized carbons (Fsp3) is 0. The standard InChI is InChI=1S/C30H19/c1-2-11-22(12-3-1)29-25-14-6-8-16-27(25)30(28-17-9-7-15-26(28)29)24-19-18-21-10-4-5-13-23(21)20-24/h2-20H. The van der Waals surface area contributed by atoms with Gasteiger partial charge < -0.3 is 0 Å². The molecule has 0 fully saturated rings. The zero-order chi connectivity index (χ0) is 19.9. The molecule has 6 aromatic rings. The fourth-order valence-electron chi connectivity index (χ4n) is 4.65. The van der Waals surface area contributed by atoms with E-state index in [1.54, 1.807) is 0 Å². The van der Waals surface area contributed by atoms with Crippen molar-refractivity contribution in [3.63, 3.8) is 0 Å². The molecule has 0 spiro atoms. The van der Waals surface area contributed by atoms with Gasteiger partial charge in [-0.3, -0.25) is 0 Å². The van der Waals surface area contributed by atoms with E-state index in [1.165, 1.54) is 54.6 Å². The average Bonchev–Trinajstić information content (AvgIpc) is 2.82. The molecule has 0 saturated carbocycles. The lowest BCUT2D eigenvalue weighted by Crippen LogP contribution is -1.90. The van der Waals surface area contributed by atoms with Crippen LogP contribution in [0.15, 0.2) is 115 Å². The van der Waals surface area contributed by atoms with Crippen LogP contribution in [0.4, 0.5) is 0 Å². The molecule has 6 aromatic carbocycles. The Morgan fingerprint density at radius 2 is 0.900 bits per heavy atom. The molecular weight excluding hydrogens is 360 g/mol. The molecule has 0 aliphatic heterocycles. The van der Waals surface area contributed by atoms with Crippen molar-refractivity contribution in [2.75, 3.05) is 0 Å². The summed E-state index contributed by atoms with van der Waals surface area (Å²) in [7, 11) is 0. The van der Waals surface area contributed by atoms with E-state index in [1.807, 2.05) is 12.1 Å². The number of rotatable bonds is 2. The molecule has 0 heterocycles. The molecule has 0 aliphatic carbocycles. The summed E-state index contributed by atoms with van der Waals surface area (Å²) in [6, 6.07) is 44.4. The topological polar surface area (TPSA) is 0 Å². The third-order valence-corrected chi connectivity index (χ3v) is 5.98. The van der Waals surface area contributed by atoms with Crippen LogP contribution in [0.5, 0.6) is 0 Å². The summed E-state index contributed by atoms with van der Waals surface area (Å²) >= 11 is 0. The molecule has 0 unspecified atom stereocenters. The summed E-state index contributed by atoms with van der Waals surface area (Å²) in [4.78, 5) is 0. The maximum absolute atomic E-state index is 3.15. The number of hydrogen-bond donors (Lipinski definition) is 0. The first-order chi connectivity index (χ1) is 14.9. The predicted octanol–water partition coefficient (Wildman–Crippen LogP) is 8.28. The first-order valence-corrected chi connectivity index (χ1v) is 10.3. The zero-order valence-electron chi connectivity index (χ0n) is 16.5. The van der Waals surface area contributed by atoms with Crippen LogP contribution >= 0.6 is 0 Å². The minimum absolute atomic E-state index is 1.23. The Kier molecular flexibility index (Phi) is 3.89. The molecule has 30 heavy (non-hydrogen) atoms. The molecule has 0 aliphatic rings. The highest BCUT2D eigenvalue weighted by molar-refractivity contribution is 6.21. The third-order valence-electron chi connectivity index (χ3n) is 5.98. The van der Waals surface area contributed by atoms with Gasteiger partial charge in [-0.25, -0.2) is 0 Å². The normalized spacial score (nSPS) is 11.3. The first-order valence-electron chi connectivity index (χ1n) is 10.3. The Hall–Kier alpha value is -3.90. The second-order valence-corrected chi connectivity index (χ2v) is 7.69. The molecule has 0 atom stereocenters. The lowest BCUT2D eigenvalue weighted by molar-refractivity contribution is 1.65. The molecule has 0 amide bonds. The van der Waals surface area contributed by atoms with Crippen LogP contribution in [-0.2, 0) is 0 Å². The van der Waals surface area contributed by atoms with Crippen LogP contribution in [0.1, 0.15) is 0 Å². The Bertz CT molecular complexity index is 1470. The van der Waals surface area contributed by atoms with E-state index in [2.05, 4.69) is 109 Å². The van der Waals surface area contributed by atoms with Gasteiger partial charge in [-0.2, -0.15) is 0 Å². The Balaban J connectivity index is 1.79. The molecule has 1 radical (unpaired) electrons. The van der Waals surface area contributed by atoms with Crippen molar-refractivity contribution >= 4 is 32.3 Å². The highest BCUT2D eigenvalue weighted by Gasteiger charge is 2.16. The van der Waals surface area contributed by atoms with Gasteiger partial charge in [-0.1, -0.05) is 109 Å². The monoisotopic (exact) mass is 379 g/mol. The van der Waals surface area contributed by atoms with E-state index in [0.717, 1.165) is 0 Å². The van der Waals surface area contributed by atoms with E-state index >= 15 is 0 Å². The maximum Gasteiger partial charge on any atom is -0.00262 e. The lowest BCUT2D eigenvalue weighted by Gasteiger charge is -2.18. The molecule has 6 rings (SSSR count). The molecular formula is C30H19. The van der Waals surface area contributed by atoms with Gasteiger partial charge in [0.15, 0.2) is 0 Å². The molecule has 139 valence electrons. The Morgan fingerprint density at radius 3 is 1.50 bits per heavy atom. The SMILES string of the molecule is [c]1ccc(-c2c3ccccc3c(-c3ccc4ccccc4c3)c3ccccc23)cc1. The van der Waals surface area contributed by atoms with Crippen LogP contribution in [-0.4, -0.2) is 0 Å². The summed E-state index contributed by atoms with van der Waals surface area (Å²) in [6.07, 6.45) is 0. The zero-order valence-corrected chi connectivity index (χ0v) is 16.5. The predicted molar refractivity (Wildman–Crippen MR) is 129 cm³/mol. The van der Waals surface area contributed by atoms with Crippen LogP contribution in [0.25, 0.3) is 54.6 Å². The molecule has 0 nitrogen and oxygen atoms in total. The second-order valence-electron chi connectivity index (χ2n) is 7.69. The van der Waals surface area contributed by atoms with E-state index in [4.69, 9.17) is 0 Å². The Morgan fingerprint density at radius 1 is 0.400 bits per heavy atom. The smallest absolute Gasteiger partial charge is 0.00262 e. The largest absolute Gasteiger partial charge is 0.0616 e. The number of fused-ring (bicyclic) bond motifs is 3. The molecule has 0 aromatic heterocycles. The van der Waals surface area contributed by atoms with E-state index in [9.17, 15) is 0 Å². The minimum atomic E-state index is 1.23. The van der Waals surface area contributed by atoms with E-state index in [-0.39, 0.29) is 0 Å². The minimum Gasteiger partial charge on any atom is -0.0616 e. The molecule has 0 bridgehead atoms. The van der Waals surface area contributed by atoms with Crippen molar-refractivity contribution < 1.29 is 0 Å². The van der Waals surface area contributed by atoms with Crippen molar-refractivity contribution in [1.82, 2.24) is 0 Å². The van der Waals surface area contributed by atoms with Gasteiger partial charge in [-0.05, 0) is 66.7 Å². The van der Waals surface area contributed by atoms with Crippen molar-refractivity contribution in [2.24, 2.45) is 0 Å². The van der Waals surface area contributed by atoms with Crippen LogP contribution in [0.2, 0.25) is 0 Å². The molecule has 0 heteroatoms. The summed E-state index contributed by atoms with van der Waals surface area (Å²) in [6.45, 7) is 0. The average molecular weight is 379 g/mol. The maximum atomic E-state index is 3.15. The van der Waals surface area contributed by atoms with Gasteiger partial charge >= 0.3 is 0 Å². The summed E-state index contributed by atoms with van der Waals surface area (Å²) in [5.41, 5.74) is 5.08. The summed E-state index contributed by atoms with van der Waals surface area (Å²) in [5, 5.41) is 7.68. The van der Waals surface area contributed by atoms with E-state index in [0.29, 0.717) is 0 Å². The number of benzene rings is 6. The van der Waals surface area contributed by atoms with Crippen LogP contribution in [0, 0.1) is 6.07 Å². The molecule has 0 saturated heterocycles. The van der Waals surface area contributed by atoms with Crippen molar-refractivity contribution in [3.05, 3.63) is 121 Å². The van der Waals surface area contributed by atoms with Gasteiger partial charge in [0.25, 0.3) is 0 Å². The molecule has 0 N–H and O–H groups in total. The van der Waals surface area contributed by atoms with Gasteiger partial charge in [0.1, 0.15) is 0 Å². The summed E-state index contributed by atoms with van der Waals surface area (Å²) < 4.78 is 0. The van der Waals surface area contributed by atoms with Gasteiger partial charge in [0.05, 0.1) is 0 Å². The van der Waals surface area contributed by atoms with E-state index < -0.39 is 0 Å². The van der Waals surface area contributed by atoms with Crippen LogP contribution in [0.3, 0.4) is 0 Å². The third kappa shape index (κ3) is 2.62. The fourth-order valence-corrected chi connectivity index (χ4v) is 4.65. The Labute approximate surface area is 176 Å². The van der Waals surface area contributed by atoms with Gasteiger partial charge in [-0.15, -0.1) is 0 Å². The second kappa shape index (κ2) is 6.86. The summed E-state index contributed by atoms with van der Waals surface area (Å²) in [5.74, 6) is 0. The van der Waals surface area contributed by atoms with Crippen molar-refractivity contribution in [3.8, 4) is 22.3 Å². The van der Waals surface area contributed by atoms with Gasteiger partial charge in [0.2, 0.25) is 0 Å². The van der Waals surface area contributed by atoms with Crippen molar-refractivity contribution in [2.45, 2.75) is 0 Å².